The van der Waals surface area contributed by atoms with Crippen molar-refractivity contribution in [1.29, 1.82) is 0 Å². The quantitative estimate of drug-likeness (QED) is 0.0573. The number of aliphatic imine (C=N–C) groups is 1. The second-order valence-electron chi connectivity index (χ2n) is 14.4. The minimum absolute atomic E-state index is 0.0356. The largest absolute Gasteiger partial charge is 0.493 e. The van der Waals surface area contributed by atoms with Crippen molar-refractivity contribution in [2.45, 2.75) is 92.1 Å². The number of hydrogen-bond donors (Lipinski definition) is 1. The van der Waals surface area contributed by atoms with Gasteiger partial charge in [0, 0.05) is 18.8 Å². The molecule has 52 heavy (non-hydrogen) atoms. The number of ether oxygens (including phenoxy) is 7. The zero-order valence-electron chi connectivity index (χ0n) is 32.1. The number of nitrogens with zero attached hydrogens (tertiary/aromatic N) is 3. The molecular weight excluding hydrogens is 694 g/mol. The first kappa shape index (κ1) is 43.5. The molecule has 2 rings (SSSR count). The Hall–Kier alpha value is -4.66. The predicted octanol–water partition coefficient (Wildman–Crippen LogP) is 7.52. The van der Waals surface area contributed by atoms with E-state index in [1.165, 1.54) is 26.4 Å². The zero-order chi connectivity index (χ0) is 39.3. The molecule has 14 nitrogen and oxygen atoms in total. The Morgan fingerprint density at radius 3 is 1.69 bits per heavy atom. The molecule has 2 aromatic rings. The van der Waals surface area contributed by atoms with Crippen molar-refractivity contribution in [2.24, 2.45) is 4.99 Å². The fourth-order valence-corrected chi connectivity index (χ4v) is 4.45. The van der Waals surface area contributed by atoms with E-state index in [4.69, 9.17) is 33.2 Å². The highest BCUT2D eigenvalue weighted by Crippen LogP contribution is 2.39. The Kier molecular flexibility index (Phi) is 16.1. The molecule has 0 radical (unpaired) electrons. The van der Waals surface area contributed by atoms with Crippen molar-refractivity contribution < 1.29 is 52.3 Å². The molecule has 0 aliphatic heterocycles. The number of hydrogen-bond acceptors (Lipinski definition) is 12. The van der Waals surface area contributed by atoms with Crippen molar-refractivity contribution in [2.75, 3.05) is 39.7 Å². The molecule has 0 heterocycles. The summed E-state index contributed by atoms with van der Waals surface area (Å²) in [6.07, 6.45) is -2.83. The molecule has 288 valence electrons. The van der Waals surface area contributed by atoms with Crippen LogP contribution in [0, 0.1) is 0 Å². The van der Waals surface area contributed by atoms with Crippen LogP contribution in [0.3, 0.4) is 0 Å². The highest BCUT2D eigenvalue weighted by molar-refractivity contribution is 7.80. The standard InChI is InChI=1S/C37H53N3O11S/c1-35(2,3)49-32(42)38-31(40(19-21-52)34(44)51-37(7,8)9)39(33(43)50-36(4,5)6)18-15-20-47-30(41)26-22-27(45-10)29(28(23-26)46-11)48-24-25-16-13-12-14-17-25/h12-14,16-17,22-23,52H,15,18-21,24H2,1-11H3. The zero-order valence-corrected chi connectivity index (χ0v) is 33.0. The lowest BCUT2D eigenvalue weighted by molar-refractivity contribution is 0.0272. The summed E-state index contributed by atoms with van der Waals surface area (Å²) >= 11 is 4.28. The molecule has 15 heteroatoms. The lowest BCUT2D eigenvalue weighted by atomic mass is 10.1. The Morgan fingerprint density at radius 1 is 0.731 bits per heavy atom. The molecule has 0 aliphatic carbocycles. The number of guanidine groups is 1. The number of carbonyl (C=O) groups is 4. The molecule has 0 saturated carbocycles. The summed E-state index contributed by atoms with van der Waals surface area (Å²) in [6, 6.07) is 12.5. The summed E-state index contributed by atoms with van der Waals surface area (Å²) < 4.78 is 39.1. The van der Waals surface area contributed by atoms with E-state index in [2.05, 4.69) is 17.6 Å². The summed E-state index contributed by atoms with van der Waals surface area (Å²) in [6.45, 7) is 14.7. The third-order valence-corrected chi connectivity index (χ3v) is 6.50. The SMILES string of the molecule is COc1cc(C(=O)OCCCN(C(=O)OC(C)(C)C)C(=NC(=O)OC(C)(C)C)N(CCS)C(=O)OC(C)(C)C)cc(OC)c1OCc1ccccc1. The van der Waals surface area contributed by atoms with E-state index >= 15 is 0 Å². The van der Waals surface area contributed by atoms with Gasteiger partial charge in [0.05, 0.1) is 26.4 Å². The molecule has 0 aromatic heterocycles. The normalized spacial score (nSPS) is 12.0. The number of rotatable bonds is 12. The van der Waals surface area contributed by atoms with E-state index in [1.54, 1.807) is 62.3 Å². The van der Waals surface area contributed by atoms with Gasteiger partial charge in [-0.2, -0.15) is 12.6 Å². The molecule has 0 bridgehead atoms. The smallest absolute Gasteiger partial charge is 0.437 e. The number of benzene rings is 2. The van der Waals surface area contributed by atoms with Gasteiger partial charge in [0.15, 0.2) is 11.5 Å². The van der Waals surface area contributed by atoms with Gasteiger partial charge in [0.2, 0.25) is 11.7 Å². The molecule has 2 aromatic carbocycles. The van der Waals surface area contributed by atoms with E-state index in [0.29, 0.717) is 5.75 Å². The van der Waals surface area contributed by atoms with Gasteiger partial charge in [-0.25, -0.2) is 29.0 Å². The Labute approximate surface area is 312 Å². The van der Waals surface area contributed by atoms with Crippen LogP contribution >= 0.6 is 12.6 Å². The van der Waals surface area contributed by atoms with Crippen LogP contribution in [0.2, 0.25) is 0 Å². The number of thiol groups is 1. The Morgan fingerprint density at radius 2 is 1.23 bits per heavy atom. The fourth-order valence-electron chi connectivity index (χ4n) is 4.25. The summed E-state index contributed by atoms with van der Waals surface area (Å²) in [5.41, 5.74) is -1.77. The fraction of sp³-hybridized carbons (Fsp3) is 0.541. The average Bonchev–Trinajstić information content (AvgIpc) is 3.02. The molecule has 0 spiro atoms. The lowest BCUT2D eigenvalue weighted by Crippen LogP contribution is -2.53. The monoisotopic (exact) mass is 747 g/mol. The summed E-state index contributed by atoms with van der Waals surface area (Å²) in [7, 11) is 2.88. The number of amides is 3. The number of carbonyl (C=O) groups excluding carboxylic acids is 4. The first-order valence-electron chi connectivity index (χ1n) is 16.7. The van der Waals surface area contributed by atoms with Gasteiger partial charge in [-0.05, 0) is 86.4 Å². The summed E-state index contributed by atoms with van der Waals surface area (Å²) in [4.78, 5) is 59.4. The van der Waals surface area contributed by atoms with Crippen molar-refractivity contribution in [3.63, 3.8) is 0 Å². The van der Waals surface area contributed by atoms with Gasteiger partial charge >= 0.3 is 24.2 Å². The summed E-state index contributed by atoms with van der Waals surface area (Å²) in [5.74, 6) is -0.164. The second kappa shape index (κ2) is 19.3. The summed E-state index contributed by atoms with van der Waals surface area (Å²) in [5, 5.41) is 0. The van der Waals surface area contributed by atoms with Gasteiger partial charge in [0.25, 0.3) is 0 Å². The minimum atomic E-state index is -1.06. The molecule has 0 N–H and O–H groups in total. The molecule has 0 atom stereocenters. The first-order chi connectivity index (χ1) is 24.2. The van der Waals surface area contributed by atoms with E-state index < -0.39 is 47.0 Å². The van der Waals surface area contributed by atoms with Gasteiger partial charge in [-0.15, -0.1) is 4.99 Å². The Bertz CT molecular complexity index is 1520. The average molecular weight is 748 g/mol. The van der Waals surface area contributed by atoms with Crippen LogP contribution in [0.25, 0.3) is 0 Å². The molecule has 0 fully saturated rings. The van der Waals surface area contributed by atoms with Crippen molar-refractivity contribution in [3.05, 3.63) is 53.6 Å². The van der Waals surface area contributed by atoms with Crippen LogP contribution in [-0.4, -0.2) is 96.5 Å². The van der Waals surface area contributed by atoms with Crippen LogP contribution in [0.4, 0.5) is 14.4 Å². The van der Waals surface area contributed by atoms with Gasteiger partial charge in [-0.1, -0.05) is 30.3 Å². The number of esters is 1. The van der Waals surface area contributed by atoms with Crippen LogP contribution in [0.15, 0.2) is 47.5 Å². The van der Waals surface area contributed by atoms with Crippen LogP contribution < -0.4 is 14.2 Å². The molecular formula is C37H53N3O11S. The maximum absolute atomic E-state index is 13.7. The maximum Gasteiger partial charge on any atom is 0.437 e. The van der Waals surface area contributed by atoms with Crippen LogP contribution in [0.1, 0.15) is 84.7 Å². The molecule has 3 amide bonds. The predicted molar refractivity (Wildman–Crippen MR) is 199 cm³/mol. The third-order valence-electron chi connectivity index (χ3n) is 6.30. The van der Waals surface area contributed by atoms with Gasteiger partial charge in [-0.3, -0.25) is 0 Å². The van der Waals surface area contributed by atoms with Crippen molar-refractivity contribution in [3.8, 4) is 17.2 Å². The van der Waals surface area contributed by atoms with E-state index in [9.17, 15) is 19.2 Å². The molecule has 0 aliphatic rings. The van der Waals surface area contributed by atoms with Crippen molar-refractivity contribution >= 4 is 42.8 Å². The van der Waals surface area contributed by atoms with Crippen LogP contribution in [0.5, 0.6) is 17.2 Å². The minimum Gasteiger partial charge on any atom is -0.493 e. The lowest BCUT2D eigenvalue weighted by Gasteiger charge is -2.34. The van der Waals surface area contributed by atoms with E-state index in [1.807, 2.05) is 30.3 Å². The van der Waals surface area contributed by atoms with Gasteiger partial charge < -0.3 is 33.2 Å². The van der Waals surface area contributed by atoms with Gasteiger partial charge in [0.1, 0.15) is 23.4 Å². The number of methoxy groups -OCH3 is 2. The first-order valence-corrected chi connectivity index (χ1v) is 17.3. The maximum atomic E-state index is 13.7. The topological polar surface area (TPSA) is 152 Å². The molecule has 0 unspecified atom stereocenters. The van der Waals surface area contributed by atoms with Crippen molar-refractivity contribution in [1.82, 2.24) is 9.80 Å². The van der Waals surface area contributed by atoms with E-state index in [0.717, 1.165) is 15.4 Å². The second-order valence-corrected chi connectivity index (χ2v) is 14.8. The highest BCUT2D eigenvalue weighted by Gasteiger charge is 2.35. The highest BCUT2D eigenvalue weighted by atomic mass is 32.1. The Balaban J connectivity index is 2.39. The molecule has 0 saturated heterocycles. The van der Waals surface area contributed by atoms with E-state index in [-0.39, 0.29) is 55.5 Å². The third kappa shape index (κ3) is 14.9. The van der Waals surface area contributed by atoms with Crippen LogP contribution in [-0.2, 0) is 25.6 Å².